The Morgan fingerprint density at radius 2 is 1.58 bits per heavy atom. The fourth-order valence-corrected chi connectivity index (χ4v) is 4.85. The van der Waals surface area contributed by atoms with Crippen LogP contribution in [0.4, 0.5) is 10.5 Å². The molecule has 3 aromatic carbocycles. The Kier molecular flexibility index (Phi) is 6.06. The summed E-state index contributed by atoms with van der Waals surface area (Å²) in [6.45, 7) is 1.51. The molecule has 31 heavy (non-hydrogen) atoms. The molecule has 2 amide bonds. The Morgan fingerprint density at radius 3 is 2.29 bits per heavy atom. The Balaban J connectivity index is 1.40. The molecule has 0 fully saturated rings. The molecule has 1 aliphatic rings. The first kappa shape index (κ1) is 21.1. The fraction of sp³-hybridized carbons (Fsp3) is 0.208. The molecular formula is C24H25N3O3S. The molecule has 0 saturated heterocycles. The highest BCUT2D eigenvalue weighted by Crippen LogP contribution is 2.22. The summed E-state index contributed by atoms with van der Waals surface area (Å²) in [6.07, 6.45) is 0.828. The van der Waals surface area contributed by atoms with E-state index >= 15 is 0 Å². The van der Waals surface area contributed by atoms with Gasteiger partial charge in [0, 0.05) is 32.4 Å². The van der Waals surface area contributed by atoms with E-state index in [9.17, 15) is 13.2 Å². The van der Waals surface area contributed by atoms with Gasteiger partial charge in [0.15, 0.2) is 0 Å². The van der Waals surface area contributed by atoms with Gasteiger partial charge in [0.2, 0.25) is 10.0 Å². The van der Waals surface area contributed by atoms with E-state index in [4.69, 9.17) is 0 Å². The van der Waals surface area contributed by atoms with Crippen LogP contribution < -0.4 is 5.32 Å². The summed E-state index contributed by atoms with van der Waals surface area (Å²) in [5.74, 6) is 0. The minimum Gasteiger partial charge on any atom is -0.320 e. The van der Waals surface area contributed by atoms with Gasteiger partial charge in [0.25, 0.3) is 0 Å². The van der Waals surface area contributed by atoms with Crippen LogP contribution in [0.2, 0.25) is 0 Å². The second kappa shape index (κ2) is 8.91. The van der Waals surface area contributed by atoms with Crippen molar-refractivity contribution in [2.24, 2.45) is 0 Å². The van der Waals surface area contributed by atoms with Crippen LogP contribution >= 0.6 is 0 Å². The zero-order valence-corrected chi connectivity index (χ0v) is 18.2. The van der Waals surface area contributed by atoms with Crippen LogP contribution in [0, 0.1) is 0 Å². The van der Waals surface area contributed by atoms with E-state index in [1.807, 2.05) is 48.5 Å². The van der Waals surface area contributed by atoms with Crippen molar-refractivity contribution in [1.82, 2.24) is 9.21 Å². The normalized spacial score (nSPS) is 13.7. The van der Waals surface area contributed by atoms with Crippen molar-refractivity contribution in [2.75, 3.05) is 18.9 Å². The Labute approximate surface area is 183 Å². The van der Waals surface area contributed by atoms with Gasteiger partial charge in [-0.3, -0.25) is 0 Å². The van der Waals surface area contributed by atoms with Crippen LogP contribution in [0.25, 0.3) is 0 Å². The summed E-state index contributed by atoms with van der Waals surface area (Å²) in [6, 6.07) is 23.7. The van der Waals surface area contributed by atoms with Gasteiger partial charge in [0.1, 0.15) is 0 Å². The molecule has 0 atom stereocenters. The van der Waals surface area contributed by atoms with E-state index < -0.39 is 10.0 Å². The predicted octanol–water partition coefficient (Wildman–Crippen LogP) is 4.10. The largest absolute Gasteiger partial charge is 0.322 e. The summed E-state index contributed by atoms with van der Waals surface area (Å²) in [7, 11) is -2.06. The van der Waals surface area contributed by atoms with Gasteiger partial charge in [-0.1, -0.05) is 54.6 Å². The zero-order chi connectivity index (χ0) is 21.8. The van der Waals surface area contributed by atoms with Crippen LogP contribution in [0.15, 0.2) is 83.8 Å². The number of hydrogen-bond acceptors (Lipinski definition) is 3. The molecule has 0 aromatic heterocycles. The maximum Gasteiger partial charge on any atom is 0.322 e. The molecule has 0 aliphatic carbocycles. The lowest BCUT2D eigenvalue weighted by Gasteiger charge is -2.29. The molecule has 0 spiro atoms. The minimum atomic E-state index is -3.63. The first-order valence-corrected chi connectivity index (χ1v) is 11.6. The maximum absolute atomic E-state index is 12.9. The van der Waals surface area contributed by atoms with Crippen molar-refractivity contribution in [3.8, 4) is 0 Å². The van der Waals surface area contributed by atoms with Crippen LogP contribution in [-0.2, 0) is 29.5 Å². The number of fused-ring (bicyclic) bond motifs is 1. The number of anilines is 1. The molecule has 3 aromatic rings. The topological polar surface area (TPSA) is 69.7 Å². The summed E-state index contributed by atoms with van der Waals surface area (Å²) >= 11 is 0. The maximum atomic E-state index is 12.9. The molecule has 0 saturated carbocycles. The van der Waals surface area contributed by atoms with Crippen LogP contribution in [0.5, 0.6) is 0 Å². The number of nitrogens with one attached hydrogen (secondary N) is 1. The number of carbonyl (C=O) groups is 1. The van der Waals surface area contributed by atoms with E-state index in [-0.39, 0.29) is 17.5 Å². The third-order valence-corrected chi connectivity index (χ3v) is 7.30. The Morgan fingerprint density at radius 1 is 0.935 bits per heavy atom. The SMILES string of the molecule is CN(Cc1ccccc1)S(=O)(=O)c1ccc(NC(=O)N2CCc3ccccc3C2)cc1. The van der Waals surface area contributed by atoms with E-state index in [0.29, 0.717) is 18.8 Å². The highest BCUT2D eigenvalue weighted by molar-refractivity contribution is 7.89. The number of nitrogens with zero attached hydrogens (tertiary/aromatic N) is 2. The van der Waals surface area contributed by atoms with Crippen LogP contribution in [-0.4, -0.2) is 37.2 Å². The predicted molar refractivity (Wildman–Crippen MR) is 121 cm³/mol. The van der Waals surface area contributed by atoms with Crippen LogP contribution in [0.1, 0.15) is 16.7 Å². The summed E-state index contributed by atoms with van der Waals surface area (Å²) < 4.78 is 27.0. The van der Waals surface area contributed by atoms with Crippen molar-refractivity contribution in [2.45, 2.75) is 24.4 Å². The highest BCUT2D eigenvalue weighted by atomic mass is 32.2. The molecule has 0 bridgehead atoms. The molecule has 0 unspecified atom stereocenters. The molecule has 1 aliphatic heterocycles. The number of hydrogen-bond donors (Lipinski definition) is 1. The van der Waals surface area contributed by atoms with Crippen molar-refractivity contribution < 1.29 is 13.2 Å². The van der Waals surface area contributed by atoms with Gasteiger partial charge in [-0.15, -0.1) is 0 Å². The molecule has 6 nitrogen and oxygen atoms in total. The standard InChI is InChI=1S/C24H25N3O3S/c1-26(17-19-7-3-2-4-8-19)31(29,30)23-13-11-22(12-14-23)25-24(28)27-16-15-20-9-5-6-10-21(20)18-27/h2-14H,15-18H2,1H3,(H,25,28). The molecular weight excluding hydrogens is 410 g/mol. The Hall–Kier alpha value is -3.16. The first-order chi connectivity index (χ1) is 14.9. The number of urea groups is 1. The molecule has 4 rings (SSSR count). The van der Waals surface area contributed by atoms with Gasteiger partial charge in [0.05, 0.1) is 4.90 Å². The second-order valence-electron chi connectivity index (χ2n) is 7.64. The van der Waals surface area contributed by atoms with Crippen molar-refractivity contribution in [3.63, 3.8) is 0 Å². The van der Waals surface area contributed by atoms with Crippen molar-refractivity contribution >= 4 is 21.7 Å². The zero-order valence-electron chi connectivity index (χ0n) is 17.4. The highest BCUT2D eigenvalue weighted by Gasteiger charge is 2.22. The first-order valence-electron chi connectivity index (χ1n) is 10.2. The molecule has 160 valence electrons. The van der Waals surface area contributed by atoms with E-state index in [1.165, 1.54) is 22.0 Å². The van der Waals surface area contributed by atoms with Gasteiger partial charge in [-0.2, -0.15) is 4.31 Å². The summed E-state index contributed by atoms with van der Waals surface area (Å²) in [5, 5.41) is 2.87. The van der Waals surface area contributed by atoms with Crippen molar-refractivity contribution in [3.05, 3.63) is 95.6 Å². The number of amides is 2. The average Bonchev–Trinajstić information content (AvgIpc) is 2.79. The number of sulfonamides is 1. The Bertz CT molecular complexity index is 1160. The summed E-state index contributed by atoms with van der Waals surface area (Å²) in [4.78, 5) is 14.6. The monoisotopic (exact) mass is 435 g/mol. The van der Waals surface area contributed by atoms with Crippen LogP contribution in [0.3, 0.4) is 0 Å². The lowest BCUT2D eigenvalue weighted by molar-refractivity contribution is 0.206. The number of benzene rings is 3. The molecule has 1 heterocycles. The van der Waals surface area contributed by atoms with Gasteiger partial charge < -0.3 is 10.2 Å². The van der Waals surface area contributed by atoms with Gasteiger partial charge >= 0.3 is 6.03 Å². The third kappa shape index (κ3) is 4.78. The van der Waals surface area contributed by atoms with E-state index in [1.54, 1.807) is 24.1 Å². The van der Waals surface area contributed by atoms with Gasteiger partial charge in [-0.05, 0) is 47.4 Å². The van der Waals surface area contributed by atoms with E-state index in [2.05, 4.69) is 11.4 Å². The minimum absolute atomic E-state index is 0.189. The smallest absolute Gasteiger partial charge is 0.320 e. The van der Waals surface area contributed by atoms with Gasteiger partial charge in [-0.25, -0.2) is 13.2 Å². The second-order valence-corrected chi connectivity index (χ2v) is 9.69. The average molecular weight is 436 g/mol. The lowest BCUT2D eigenvalue weighted by atomic mass is 10.0. The molecule has 1 N–H and O–H groups in total. The number of rotatable bonds is 5. The quantitative estimate of drug-likeness (QED) is 0.656. The number of carbonyl (C=O) groups excluding carboxylic acids is 1. The van der Waals surface area contributed by atoms with Crippen molar-refractivity contribution in [1.29, 1.82) is 0 Å². The third-order valence-electron chi connectivity index (χ3n) is 5.48. The lowest BCUT2D eigenvalue weighted by Crippen LogP contribution is -2.38. The summed E-state index contributed by atoms with van der Waals surface area (Å²) in [5.41, 5.74) is 3.92. The van der Waals surface area contributed by atoms with E-state index in [0.717, 1.165) is 17.5 Å². The molecule has 0 radical (unpaired) electrons. The molecule has 7 heteroatoms. The fourth-order valence-electron chi connectivity index (χ4n) is 3.69.